The minimum absolute atomic E-state index is 0.0757. The van der Waals surface area contributed by atoms with Gasteiger partial charge in [0.2, 0.25) is 0 Å². The SMILES string of the molecule is CCCN(CCC)S(=O)(=O)NCCO. The Morgan fingerprint density at radius 2 is 1.71 bits per heavy atom. The van der Waals surface area contributed by atoms with E-state index in [-0.39, 0.29) is 13.2 Å². The molecule has 0 aliphatic heterocycles. The van der Waals surface area contributed by atoms with Gasteiger partial charge in [0.25, 0.3) is 10.2 Å². The van der Waals surface area contributed by atoms with E-state index in [0.29, 0.717) is 13.1 Å². The maximum absolute atomic E-state index is 11.6. The zero-order valence-electron chi connectivity index (χ0n) is 8.86. The molecule has 0 saturated carbocycles. The van der Waals surface area contributed by atoms with Gasteiger partial charge in [-0.05, 0) is 12.8 Å². The average Bonchev–Trinajstić information content (AvgIpc) is 2.14. The van der Waals surface area contributed by atoms with Gasteiger partial charge in [-0.2, -0.15) is 17.4 Å². The van der Waals surface area contributed by atoms with Crippen molar-refractivity contribution in [2.24, 2.45) is 0 Å². The Kier molecular flexibility index (Phi) is 7.08. The fraction of sp³-hybridized carbons (Fsp3) is 1.00. The molecule has 0 spiro atoms. The van der Waals surface area contributed by atoms with Crippen molar-refractivity contribution in [3.05, 3.63) is 0 Å². The minimum atomic E-state index is -3.39. The molecule has 0 aromatic rings. The minimum Gasteiger partial charge on any atom is -0.395 e. The second kappa shape index (κ2) is 7.17. The summed E-state index contributed by atoms with van der Waals surface area (Å²) in [4.78, 5) is 0. The van der Waals surface area contributed by atoms with E-state index in [0.717, 1.165) is 12.8 Å². The molecule has 0 atom stereocenters. The van der Waals surface area contributed by atoms with Crippen LogP contribution in [0.1, 0.15) is 26.7 Å². The number of hydrogen-bond acceptors (Lipinski definition) is 3. The average molecular weight is 224 g/mol. The molecule has 0 aliphatic rings. The fourth-order valence-electron chi connectivity index (χ4n) is 1.12. The summed E-state index contributed by atoms with van der Waals surface area (Å²) in [5.41, 5.74) is 0. The highest BCUT2D eigenvalue weighted by Crippen LogP contribution is 2.00. The third kappa shape index (κ3) is 4.90. The van der Waals surface area contributed by atoms with Gasteiger partial charge in [-0.15, -0.1) is 0 Å². The van der Waals surface area contributed by atoms with Crippen LogP contribution in [0, 0.1) is 0 Å². The molecule has 2 N–H and O–H groups in total. The van der Waals surface area contributed by atoms with Crippen LogP contribution in [-0.2, 0) is 10.2 Å². The van der Waals surface area contributed by atoms with E-state index in [1.165, 1.54) is 4.31 Å². The lowest BCUT2D eigenvalue weighted by molar-refractivity contribution is 0.298. The van der Waals surface area contributed by atoms with Crippen molar-refractivity contribution in [3.63, 3.8) is 0 Å². The standard InChI is InChI=1S/C8H20N2O3S/c1-3-6-10(7-4-2)14(12,13)9-5-8-11/h9,11H,3-8H2,1-2H3. The van der Waals surface area contributed by atoms with E-state index in [1.807, 2.05) is 13.8 Å². The van der Waals surface area contributed by atoms with Crippen molar-refractivity contribution < 1.29 is 13.5 Å². The van der Waals surface area contributed by atoms with Gasteiger partial charge in [0.1, 0.15) is 0 Å². The zero-order chi connectivity index (χ0) is 11.0. The van der Waals surface area contributed by atoms with Crippen LogP contribution in [0.25, 0.3) is 0 Å². The predicted molar refractivity (Wildman–Crippen MR) is 56.2 cm³/mol. The summed E-state index contributed by atoms with van der Waals surface area (Å²) >= 11 is 0. The van der Waals surface area contributed by atoms with Gasteiger partial charge in [0.15, 0.2) is 0 Å². The van der Waals surface area contributed by atoms with E-state index < -0.39 is 10.2 Å². The first-order chi connectivity index (χ1) is 6.58. The Bertz CT molecular complexity index is 223. The molecule has 5 nitrogen and oxygen atoms in total. The Morgan fingerprint density at radius 1 is 1.21 bits per heavy atom. The second-order valence-corrected chi connectivity index (χ2v) is 4.78. The quantitative estimate of drug-likeness (QED) is 0.606. The topological polar surface area (TPSA) is 69.6 Å². The van der Waals surface area contributed by atoms with Crippen LogP contribution in [0.15, 0.2) is 0 Å². The van der Waals surface area contributed by atoms with Gasteiger partial charge in [-0.1, -0.05) is 13.8 Å². The predicted octanol–water partition coefficient (Wildman–Crippen LogP) is -0.0649. The summed E-state index contributed by atoms with van der Waals surface area (Å²) < 4.78 is 26.9. The highest BCUT2D eigenvalue weighted by molar-refractivity contribution is 7.87. The fourth-order valence-corrected chi connectivity index (χ4v) is 2.49. The molecule has 0 fully saturated rings. The Morgan fingerprint density at radius 3 is 2.07 bits per heavy atom. The van der Waals surface area contributed by atoms with Gasteiger partial charge in [0.05, 0.1) is 6.61 Å². The molecule has 0 aromatic heterocycles. The molecule has 14 heavy (non-hydrogen) atoms. The molecule has 0 heterocycles. The van der Waals surface area contributed by atoms with E-state index >= 15 is 0 Å². The van der Waals surface area contributed by atoms with Crippen LogP contribution >= 0.6 is 0 Å². The molecule has 0 amide bonds. The largest absolute Gasteiger partial charge is 0.395 e. The van der Waals surface area contributed by atoms with Crippen LogP contribution < -0.4 is 4.72 Å². The second-order valence-electron chi connectivity index (χ2n) is 3.02. The Labute approximate surface area is 86.3 Å². The zero-order valence-corrected chi connectivity index (χ0v) is 9.68. The first-order valence-electron chi connectivity index (χ1n) is 4.94. The molecule has 0 bridgehead atoms. The van der Waals surface area contributed by atoms with E-state index in [4.69, 9.17) is 5.11 Å². The molecule has 0 aliphatic carbocycles. The monoisotopic (exact) mass is 224 g/mol. The van der Waals surface area contributed by atoms with Crippen molar-refractivity contribution in [2.45, 2.75) is 26.7 Å². The van der Waals surface area contributed by atoms with E-state index in [2.05, 4.69) is 4.72 Å². The summed E-state index contributed by atoms with van der Waals surface area (Å²) in [6.45, 7) is 4.81. The molecule has 0 aromatic carbocycles. The van der Waals surface area contributed by atoms with Crippen molar-refractivity contribution in [1.82, 2.24) is 9.03 Å². The van der Waals surface area contributed by atoms with E-state index in [9.17, 15) is 8.42 Å². The molecule has 0 unspecified atom stereocenters. The highest BCUT2D eigenvalue weighted by atomic mass is 32.2. The van der Waals surface area contributed by atoms with Crippen LogP contribution in [0.3, 0.4) is 0 Å². The molecule has 0 rings (SSSR count). The third-order valence-electron chi connectivity index (χ3n) is 1.68. The Balaban J connectivity index is 4.29. The van der Waals surface area contributed by atoms with Gasteiger partial charge in [0, 0.05) is 19.6 Å². The maximum atomic E-state index is 11.6. The number of aliphatic hydroxyl groups is 1. The normalized spacial score (nSPS) is 12.3. The first-order valence-corrected chi connectivity index (χ1v) is 6.38. The maximum Gasteiger partial charge on any atom is 0.279 e. The number of nitrogens with zero attached hydrogens (tertiary/aromatic N) is 1. The number of aliphatic hydroxyl groups excluding tert-OH is 1. The van der Waals surface area contributed by atoms with Crippen LogP contribution in [0.2, 0.25) is 0 Å². The summed E-state index contributed by atoms with van der Waals surface area (Å²) in [6.07, 6.45) is 1.58. The molecular weight excluding hydrogens is 204 g/mol. The van der Waals surface area contributed by atoms with Crippen molar-refractivity contribution in [2.75, 3.05) is 26.2 Å². The molecular formula is C8H20N2O3S. The summed E-state index contributed by atoms with van der Waals surface area (Å²) in [5, 5.41) is 8.53. The summed E-state index contributed by atoms with van der Waals surface area (Å²) in [5.74, 6) is 0. The number of hydrogen-bond donors (Lipinski definition) is 2. The molecule has 0 radical (unpaired) electrons. The summed E-state index contributed by atoms with van der Waals surface area (Å²) in [6, 6.07) is 0. The van der Waals surface area contributed by atoms with Crippen LogP contribution in [-0.4, -0.2) is 44.1 Å². The van der Waals surface area contributed by atoms with Gasteiger partial charge >= 0.3 is 0 Å². The Hall–Kier alpha value is -0.170. The lowest BCUT2D eigenvalue weighted by Crippen LogP contribution is -2.42. The lowest BCUT2D eigenvalue weighted by Gasteiger charge is -2.20. The van der Waals surface area contributed by atoms with Gasteiger partial charge in [-0.3, -0.25) is 0 Å². The van der Waals surface area contributed by atoms with Crippen molar-refractivity contribution >= 4 is 10.2 Å². The van der Waals surface area contributed by atoms with Gasteiger partial charge < -0.3 is 5.11 Å². The van der Waals surface area contributed by atoms with Crippen LogP contribution in [0.4, 0.5) is 0 Å². The lowest BCUT2D eigenvalue weighted by atomic mass is 10.4. The van der Waals surface area contributed by atoms with Crippen molar-refractivity contribution in [3.8, 4) is 0 Å². The van der Waals surface area contributed by atoms with Crippen LogP contribution in [0.5, 0.6) is 0 Å². The highest BCUT2D eigenvalue weighted by Gasteiger charge is 2.18. The van der Waals surface area contributed by atoms with Crippen molar-refractivity contribution in [1.29, 1.82) is 0 Å². The molecule has 0 saturated heterocycles. The molecule has 86 valence electrons. The smallest absolute Gasteiger partial charge is 0.279 e. The van der Waals surface area contributed by atoms with E-state index in [1.54, 1.807) is 0 Å². The summed E-state index contributed by atoms with van der Waals surface area (Å²) in [7, 11) is -3.39. The first kappa shape index (κ1) is 13.8. The number of nitrogens with one attached hydrogen (secondary N) is 1. The number of rotatable bonds is 8. The van der Waals surface area contributed by atoms with Gasteiger partial charge in [-0.25, -0.2) is 0 Å². The third-order valence-corrected chi connectivity index (χ3v) is 3.30. The molecule has 6 heteroatoms.